The van der Waals surface area contributed by atoms with Crippen LogP contribution in [0.5, 0.6) is 0 Å². The van der Waals surface area contributed by atoms with Crippen molar-refractivity contribution in [3.63, 3.8) is 0 Å². The molecular weight excluding hydrogens is 667 g/mol. The van der Waals surface area contributed by atoms with E-state index < -0.39 is 0 Å². The molecule has 0 N–H and O–H groups in total. The van der Waals surface area contributed by atoms with Crippen LogP contribution in [0.4, 0.5) is 0 Å². The lowest BCUT2D eigenvalue weighted by Gasteiger charge is -2.12. The molecule has 4 aromatic heterocycles. The Morgan fingerprint density at radius 3 is 2.06 bits per heavy atom. The van der Waals surface area contributed by atoms with Gasteiger partial charge in [0.1, 0.15) is 11.2 Å². The van der Waals surface area contributed by atoms with E-state index in [-0.39, 0.29) is 0 Å². The molecule has 0 unspecified atom stereocenters. The van der Waals surface area contributed by atoms with Crippen molar-refractivity contribution in [2.75, 3.05) is 0 Å². The molecule has 12 rings (SSSR count). The van der Waals surface area contributed by atoms with Gasteiger partial charge < -0.3 is 4.42 Å². The van der Waals surface area contributed by atoms with Gasteiger partial charge in [-0.3, -0.25) is 4.57 Å². The van der Waals surface area contributed by atoms with E-state index >= 15 is 0 Å². The number of rotatable bonds is 3. The van der Waals surface area contributed by atoms with Crippen molar-refractivity contribution >= 4 is 96.9 Å². The van der Waals surface area contributed by atoms with E-state index in [0.29, 0.717) is 5.95 Å². The standard InChI is InChI=1S/C48H27N3OS/c1-2-12-28(13-3-1)36-27-37-45-41(52-47(37)33-16-5-4-14-30(33)36)25-24-40-44(45)35-18-7-10-20-39(35)51(40)48-49-38-19-9-6-17-34(38)46(50-48)29-22-23-32-31-15-8-11-21-42(31)53-43(32)26-29/h1-27H. The molecular formula is C48H27N3OS. The van der Waals surface area contributed by atoms with Gasteiger partial charge in [0.25, 0.3) is 0 Å². The highest BCUT2D eigenvalue weighted by Crippen LogP contribution is 2.45. The fraction of sp³-hybridized carbons (Fsp3) is 0. The average molecular weight is 694 g/mol. The van der Waals surface area contributed by atoms with Crippen LogP contribution in [-0.2, 0) is 0 Å². The van der Waals surface area contributed by atoms with E-state index in [9.17, 15) is 0 Å². The lowest BCUT2D eigenvalue weighted by molar-refractivity contribution is 0.673. The Morgan fingerprint density at radius 2 is 1.17 bits per heavy atom. The zero-order valence-corrected chi connectivity index (χ0v) is 29.1. The Kier molecular flexibility index (Phi) is 5.90. The minimum absolute atomic E-state index is 0.643. The third-order valence-electron chi connectivity index (χ3n) is 10.8. The summed E-state index contributed by atoms with van der Waals surface area (Å²) in [6.45, 7) is 0. The van der Waals surface area contributed by atoms with E-state index in [0.717, 1.165) is 71.3 Å². The van der Waals surface area contributed by atoms with Gasteiger partial charge in [0.15, 0.2) is 0 Å². The lowest BCUT2D eigenvalue weighted by Crippen LogP contribution is -2.03. The highest BCUT2D eigenvalue weighted by Gasteiger charge is 2.23. The number of nitrogens with zero attached hydrogens (tertiary/aromatic N) is 3. The van der Waals surface area contributed by atoms with Crippen LogP contribution in [0, 0.1) is 0 Å². The van der Waals surface area contributed by atoms with Crippen LogP contribution in [0.2, 0.25) is 0 Å². The Bertz CT molecular complexity index is 3460. The van der Waals surface area contributed by atoms with Gasteiger partial charge in [0.2, 0.25) is 5.95 Å². The number of para-hydroxylation sites is 2. The number of hydrogen-bond donors (Lipinski definition) is 0. The summed E-state index contributed by atoms with van der Waals surface area (Å²) in [5.41, 5.74) is 9.13. The van der Waals surface area contributed by atoms with Crippen molar-refractivity contribution < 1.29 is 4.42 Å². The Hall–Kier alpha value is -6.82. The van der Waals surface area contributed by atoms with Gasteiger partial charge in [-0.15, -0.1) is 11.3 Å². The Labute approximate surface area is 306 Å². The van der Waals surface area contributed by atoms with Crippen LogP contribution in [0.25, 0.3) is 114 Å². The first kappa shape index (κ1) is 28.8. The molecule has 246 valence electrons. The average Bonchev–Trinajstić information content (AvgIpc) is 3.89. The monoisotopic (exact) mass is 693 g/mol. The van der Waals surface area contributed by atoms with Gasteiger partial charge in [-0.1, -0.05) is 121 Å². The summed E-state index contributed by atoms with van der Waals surface area (Å²) in [5.74, 6) is 0.643. The first-order valence-corrected chi connectivity index (χ1v) is 18.6. The molecule has 4 heterocycles. The van der Waals surface area contributed by atoms with Crippen molar-refractivity contribution in [1.29, 1.82) is 0 Å². The zero-order chi connectivity index (χ0) is 34.6. The number of furan rings is 1. The quantitative estimate of drug-likeness (QED) is 0.185. The minimum atomic E-state index is 0.643. The van der Waals surface area contributed by atoms with E-state index in [2.05, 4.69) is 168 Å². The topological polar surface area (TPSA) is 43.9 Å². The van der Waals surface area contributed by atoms with Crippen LogP contribution in [0.15, 0.2) is 168 Å². The van der Waals surface area contributed by atoms with E-state index in [1.807, 2.05) is 11.3 Å². The minimum Gasteiger partial charge on any atom is -0.455 e. The largest absolute Gasteiger partial charge is 0.455 e. The third-order valence-corrected chi connectivity index (χ3v) is 11.9. The summed E-state index contributed by atoms with van der Waals surface area (Å²) in [4.78, 5) is 10.7. The smallest absolute Gasteiger partial charge is 0.235 e. The molecule has 4 nitrogen and oxygen atoms in total. The Morgan fingerprint density at radius 1 is 0.453 bits per heavy atom. The number of benzene rings is 8. The molecule has 0 amide bonds. The highest BCUT2D eigenvalue weighted by molar-refractivity contribution is 7.25. The molecule has 0 saturated carbocycles. The molecule has 0 radical (unpaired) electrons. The van der Waals surface area contributed by atoms with Gasteiger partial charge in [-0.2, -0.15) is 0 Å². The summed E-state index contributed by atoms with van der Waals surface area (Å²) in [6.07, 6.45) is 0. The van der Waals surface area contributed by atoms with Gasteiger partial charge in [-0.25, -0.2) is 9.97 Å². The highest BCUT2D eigenvalue weighted by atomic mass is 32.1. The van der Waals surface area contributed by atoms with E-state index in [1.54, 1.807) is 0 Å². The third kappa shape index (κ3) is 4.11. The molecule has 0 fully saturated rings. The van der Waals surface area contributed by atoms with Crippen LogP contribution < -0.4 is 0 Å². The molecule has 5 heteroatoms. The maximum absolute atomic E-state index is 6.78. The van der Waals surface area contributed by atoms with Gasteiger partial charge in [0, 0.05) is 58.1 Å². The number of hydrogen-bond acceptors (Lipinski definition) is 4. The summed E-state index contributed by atoms with van der Waals surface area (Å²) in [7, 11) is 0. The number of thiophene rings is 1. The molecule has 0 aliphatic rings. The van der Waals surface area contributed by atoms with E-state index in [4.69, 9.17) is 14.4 Å². The molecule has 0 aliphatic carbocycles. The summed E-state index contributed by atoms with van der Waals surface area (Å²) in [5, 5.41) is 10.3. The number of aromatic nitrogens is 3. The SMILES string of the molecule is c1ccc(-c2cc3c(oc4ccc5c(c6ccccc6n5-c5nc(-c6ccc7c(c6)sc6ccccc67)c6ccccc6n5)c43)c3ccccc23)cc1. The molecule has 0 atom stereocenters. The van der Waals surface area contributed by atoms with Crippen molar-refractivity contribution in [1.82, 2.24) is 14.5 Å². The van der Waals surface area contributed by atoms with Gasteiger partial charge in [-0.05, 0) is 59.0 Å². The van der Waals surface area contributed by atoms with Crippen molar-refractivity contribution in [2.24, 2.45) is 0 Å². The maximum Gasteiger partial charge on any atom is 0.235 e. The predicted molar refractivity (Wildman–Crippen MR) is 222 cm³/mol. The van der Waals surface area contributed by atoms with Crippen molar-refractivity contribution in [3.05, 3.63) is 164 Å². The molecule has 0 aliphatic heterocycles. The molecule has 53 heavy (non-hydrogen) atoms. The van der Waals surface area contributed by atoms with Crippen LogP contribution in [0.1, 0.15) is 0 Å². The van der Waals surface area contributed by atoms with Crippen molar-refractivity contribution in [2.45, 2.75) is 0 Å². The molecule has 0 saturated heterocycles. The fourth-order valence-corrected chi connectivity index (χ4v) is 9.62. The first-order valence-electron chi connectivity index (χ1n) is 17.8. The van der Waals surface area contributed by atoms with Gasteiger partial charge in [0.05, 0.1) is 22.2 Å². The zero-order valence-electron chi connectivity index (χ0n) is 28.2. The second-order valence-electron chi connectivity index (χ2n) is 13.7. The predicted octanol–water partition coefficient (Wildman–Crippen LogP) is 13.5. The molecule has 12 aromatic rings. The summed E-state index contributed by atoms with van der Waals surface area (Å²) in [6, 6.07) is 58.1. The normalized spacial score (nSPS) is 12.2. The van der Waals surface area contributed by atoms with Crippen LogP contribution in [-0.4, -0.2) is 14.5 Å². The second-order valence-corrected chi connectivity index (χ2v) is 14.8. The Balaban J connectivity index is 1.17. The molecule has 0 bridgehead atoms. The maximum atomic E-state index is 6.78. The fourth-order valence-electron chi connectivity index (χ4n) is 8.48. The molecule has 0 spiro atoms. The molecule has 8 aromatic carbocycles. The first-order chi connectivity index (χ1) is 26.3. The number of fused-ring (bicyclic) bond motifs is 13. The van der Waals surface area contributed by atoms with Crippen LogP contribution >= 0.6 is 11.3 Å². The van der Waals surface area contributed by atoms with Gasteiger partial charge >= 0.3 is 0 Å². The summed E-state index contributed by atoms with van der Waals surface area (Å²) >= 11 is 1.83. The second kappa shape index (κ2) is 10.8. The summed E-state index contributed by atoms with van der Waals surface area (Å²) < 4.78 is 11.6. The van der Waals surface area contributed by atoms with Crippen LogP contribution in [0.3, 0.4) is 0 Å². The lowest BCUT2D eigenvalue weighted by atomic mass is 9.94. The van der Waals surface area contributed by atoms with Crippen molar-refractivity contribution in [3.8, 4) is 28.3 Å². The van der Waals surface area contributed by atoms with E-state index in [1.165, 1.54) is 36.7 Å².